The Morgan fingerprint density at radius 3 is 3.05 bits per heavy atom. The average molecular weight is 281 g/mol. The number of hydrogen-bond acceptors (Lipinski definition) is 5. The number of rotatable bonds is 2. The van der Waals surface area contributed by atoms with Crippen molar-refractivity contribution in [2.75, 3.05) is 30.8 Å². The predicted molar refractivity (Wildman–Crippen MR) is 82.9 cm³/mol. The van der Waals surface area contributed by atoms with Crippen LogP contribution in [0.2, 0.25) is 0 Å². The molecule has 106 valence electrons. The van der Waals surface area contributed by atoms with Gasteiger partial charge in [-0.2, -0.15) is 0 Å². The second-order valence-electron chi connectivity index (χ2n) is 4.86. The van der Waals surface area contributed by atoms with Crippen LogP contribution in [0.25, 0.3) is 22.6 Å². The minimum atomic E-state index is 0.659. The molecule has 3 aromatic rings. The van der Waals surface area contributed by atoms with Crippen LogP contribution >= 0.6 is 0 Å². The highest BCUT2D eigenvalue weighted by atomic mass is 16.5. The number of aromatic nitrogens is 3. The lowest BCUT2D eigenvalue weighted by Crippen LogP contribution is -2.18. The van der Waals surface area contributed by atoms with Crippen LogP contribution < -0.4 is 15.4 Å². The Labute approximate surface area is 121 Å². The molecule has 0 saturated heterocycles. The molecule has 0 atom stereocenters. The number of pyridine rings is 1. The zero-order valence-corrected chi connectivity index (χ0v) is 11.6. The van der Waals surface area contributed by atoms with Crippen LogP contribution in [0.3, 0.4) is 0 Å². The molecule has 4 rings (SSSR count). The Bertz CT molecular complexity index is 811. The Morgan fingerprint density at radius 1 is 1.19 bits per heavy atom. The van der Waals surface area contributed by atoms with Crippen molar-refractivity contribution in [2.45, 2.75) is 0 Å². The first-order valence-corrected chi connectivity index (χ1v) is 6.90. The first-order chi connectivity index (χ1) is 10.3. The van der Waals surface area contributed by atoms with Gasteiger partial charge >= 0.3 is 0 Å². The molecule has 0 fully saturated rings. The van der Waals surface area contributed by atoms with Gasteiger partial charge in [0.1, 0.15) is 18.2 Å². The van der Waals surface area contributed by atoms with Crippen molar-refractivity contribution >= 4 is 22.7 Å². The van der Waals surface area contributed by atoms with Gasteiger partial charge in [-0.25, -0.2) is 9.97 Å². The molecule has 2 aromatic heterocycles. The van der Waals surface area contributed by atoms with E-state index in [0.29, 0.717) is 12.3 Å². The van der Waals surface area contributed by atoms with Crippen molar-refractivity contribution in [3.05, 3.63) is 30.3 Å². The third kappa shape index (κ3) is 1.96. The van der Waals surface area contributed by atoms with Gasteiger partial charge in [-0.15, -0.1) is 0 Å². The summed E-state index contributed by atoms with van der Waals surface area (Å²) < 4.78 is 5.79. The topological polar surface area (TPSA) is 74.9 Å². The highest BCUT2D eigenvalue weighted by molar-refractivity contribution is 5.82. The number of hydrogen-bond donors (Lipinski definition) is 3. The van der Waals surface area contributed by atoms with Crippen molar-refractivity contribution in [1.29, 1.82) is 0 Å². The zero-order valence-electron chi connectivity index (χ0n) is 11.6. The molecule has 6 nitrogen and oxygen atoms in total. The normalized spacial score (nSPS) is 13.4. The number of aromatic amines is 1. The molecule has 1 aromatic carbocycles. The summed E-state index contributed by atoms with van der Waals surface area (Å²) in [6.07, 6.45) is 0. The molecule has 1 aliphatic heterocycles. The fraction of sp³-hybridized carbons (Fsp3) is 0.200. The fourth-order valence-electron chi connectivity index (χ4n) is 2.52. The van der Waals surface area contributed by atoms with Crippen molar-refractivity contribution in [2.24, 2.45) is 0 Å². The van der Waals surface area contributed by atoms with Crippen LogP contribution in [0.1, 0.15) is 0 Å². The molecule has 0 saturated carbocycles. The van der Waals surface area contributed by atoms with Crippen LogP contribution in [0.15, 0.2) is 30.3 Å². The largest absolute Gasteiger partial charge is 0.489 e. The van der Waals surface area contributed by atoms with Crippen LogP contribution in [0.5, 0.6) is 5.75 Å². The van der Waals surface area contributed by atoms with Crippen molar-refractivity contribution in [1.82, 2.24) is 15.0 Å². The van der Waals surface area contributed by atoms with Gasteiger partial charge in [-0.3, -0.25) is 0 Å². The molecule has 0 bridgehead atoms. The molecule has 3 N–H and O–H groups in total. The van der Waals surface area contributed by atoms with E-state index in [-0.39, 0.29) is 0 Å². The molecular formula is C15H15N5O. The number of nitrogens with zero attached hydrogens (tertiary/aromatic N) is 2. The van der Waals surface area contributed by atoms with E-state index in [4.69, 9.17) is 4.74 Å². The first kappa shape index (κ1) is 12.0. The van der Waals surface area contributed by atoms with Gasteiger partial charge in [-0.1, -0.05) is 6.07 Å². The van der Waals surface area contributed by atoms with E-state index in [1.54, 1.807) is 0 Å². The van der Waals surface area contributed by atoms with E-state index in [2.05, 4.69) is 25.6 Å². The highest BCUT2D eigenvalue weighted by Crippen LogP contribution is 2.37. The zero-order chi connectivity index (χ0) is 14.2. The number of benzene rings is 1. The molecule has 0 unspecified atom stereocenters. The Morgan fingerprint density at radius 2 is 2.14 bits per heavy atom. The van der Waals surface area contributed by atoms with Crippen LogP contribution in [-0.4, -0.2) is 35.2 Å². The van der Waals surface area contributed by atoms with E-state index in [9.17, 15) is 0 Å². The minimum Gasteiger partial charge on any atom is -0.489 e. The molecule has 0 spiro atoms. The van der Waals surface area contributed by atoms with Crippen molar-refractivity contribution in [3.63, 3.8) is 0 Å². The van der Waals surface area contributed by atoms with Crippen molar-refractivity contribution in [3.8, 4) is 17.1 Å². The van der Waals surface area contributed by atoms with Gasteiger partial charge in [0.05, 0.1) is 16.8 Å². The molecule has 6 heteroatoms. The smallest absolute Gasteiger partial charge is 0.180 e. The number of nitrogens with one attached hydrogen (secondary N) is 3. The number of ether oxygens (including phenoxy) is 1. The maximum atomic E-state index is 5.79. The second-order valence-corrected chi connectivity index (χ2v) is 4.86. The number of H-pyrrole nitrogens is 1. The van der Waals surface area contributed by atoms with Crippen molar-refractivity contribution < 1.29 is 4.74 Å². The molecule has 1 aliphatic rings. The summed E-state index contributed by atoms with van der Waals surface area (Å²) in [7, 11) is 1.84. The summed E-state index contributed by atoms with van der Waals surface area (Å²) in [5.74, 6) is 2.41. The summed E-state index contributed by atoms with van der Waals surface area (Å²) in [4.78, 5) is 12.3. The number of imidazole rings is 1. The Balaban J connectivity index is 1.86. The first-order valence-electron chi connectivity index (χ1n) is 6.90. The highest BCUT2D eigenvalue weighted by Gasteiger charge is 2.17. The van der Waals surface area contributed by atoms with Crippen LogP contribution in [0, 0.1) is 0 Å². The fourth-order valence-corrected chi connectivity index (χ4v) is 2.52. The number of fused-ring (bicyclic) bond motifs is 2. The molecular weight excluding hydrogens is 266 g/mol. The van der Waals surface area contributed by atoms with Gasteiger partial charge in [0.2, 0.25) is 0 Å². The summed E-state index contributed by atoms with van der Waals surface area (Å²) in [6, 6.07) is 9.90. The second kappa shape index (κ2) is 4.66. The average Bonchev–Trinajstić information content (AvgIpc) is 2.97. The van der Waals surface area contributed by atoms with E-state index >= 15 is 0 Å². The Kier molecular flexibility index (Phi) is 2.67. The van der Waals surface area contributed by atoms with Gasteiger partial charge in [-0.05, 0) is 24.3 Å². The van der Waals surface area contributed by atoms with Gasteiger partial charge in [0.25, 0.3) is 0 Å². The quantitative estimate of drug-likeness (QED) is 0.673. The van der Waals surface area contributed by atoms with Gasteiger partial charge < -0.3 is 20.4 Å². The molecule has 21 heavy (non-hydrogen) atoms. The molecule has 0 radical (unpaired) electrons. The SMILES string of the molecule is CNc1ccc2[nH]c(-c3cccc4c3OCCN4)nc2n1. The Hall–Kier alpha value is -2.76. The van der Waals surface area contributed by atoms with Crippen LogP contribution in [-0.2, 0) is 0 Å². The lowest BCUT2D eigenvalue weighted by Gasteiger charge is -2.20. The molecule has 0 aliphatic carbocycles. The van der Waals surface area contributed by atoms with Gasteiger partial charge in [0.15, 0.2) is 11.4 Å². The van der Waals surface area contributed by atoms with Gasteiger partial charge in [0, 0.05) is 13.6 Å². The summed E-state index contributed by atoms with van der Waals surface area (Å²) in [5, 5.41) is 6.35. The third-order valence-electron chi connectivity index (χ3n) is 3.54. The summed E-state index contributed by atoms with van der Waals surface area (Å²) in [5.41, 5.74) is 3.55. The lowest BCUT2D eigenvalue weighted by atomic mass is 10.1. The van der Waals surface area contributed by atoms with E-state index < -0.39 is 0 Å². The summed E-state index contributed by atoms with van der Waals surface area (Å²) >= 11 is 0. The number of anilines is 2. The van der Waals surface area contributed by atoms with E-state index in [1.807, 2.05) is 37.4 Å². The van der Waals surface area contributed by atoms with E-state index in [1.165, 1.54) is 0 Å². The molecule has 3 heterocycles. The minimum absolute atomic E-state index is 0.659. The predicted octanol–water partition coefficient (Wildman–Crippen LogP) is 2.47. The van der Waals surface area contributed by atoms with Crippen LogP contribution in [0.4, 0.5) is 11.5 Å². The standard InChI is InChI=1S/C15H15N5O/c1-16-12-6-5-11-15(19-12)20-14(18-11)9-3-2-4-10-13(9)21-8-7-17-10/h2-6,17H,7-8H2,1H3,(H2,16,18,19,20). The monoisotopic (exact) mass is 281 g/mol. The molecule has 0 amide bonds. The summed E-state index contributed by atoms with van der Waals surface area (Å²) in [6.45, 7) is 1.48. The third-order valence-corrected chi connectivity index (χ3v) is 3.54. The maximum absolute atomic E-state index is 5.79. The van der Waals surface area contributed by atoms with E-state index in [0.717, 1.165) is 40.7 Å². The number of para-hydroxylation sites is 1. The maximum Gasteiger partial charge on any atom is 0.180 e. The lowest BCUT2D eigenvalue weighted by molar-refractivity contribution is 0.324.